The van der Waals surface area contributed by atoms with Crippen molar-refractivity contribution in [2.24, 2.45) is 0 Å². The van der Waals surface area contributed by atoms with Crippen molar-refractivity contribution < 1.29 is 18.4 Å². The van der Waals surface area contributed by atoms with Gasteiger partial charge in [-0.15, -0.1) is 0 Å². The fourth-order valence-corrected chi connectivity index (χ4v) is 3.11. The van der Waals surface area contributed by atoms with E-state index < -0.39 is 11.4 Å². The zero-order valence-electron chi connectivity index (χ0n) is 16.1. The third-order valence-corrected chi connectivity index (χ3v) is 4.80. The number of carbonyl (C=O) groups is 1. The van der Waals surface area contributed by atoms with E-state index in [-0.39, 0.29) is 17.3 Å². The van der Waals surface area contributed by atoms with Gasteiger partial charge in [0.15, 0.2) is 5.76 Å². The van der Waals surface area contributed by atoms with Gasteiger partial charge in [0.2, 0.25) is 16.9 Å². The van der Waals surface area contributed by atoms with Gasteiger partial charge in [-0.25, -0.2) is 4.79 Å². The number of aryl methyl sites for hydroxylation is 1. The summed E-state index contributed by atoms with van der Waals surface area (Å²) in [4.78, 5) is 25.6. The Kier molecular flexibility index (Phi) is 5.55. The van der Waals surface area contributed by atoms with Crippen molar-refractivity contribution in [1.82, 2.24) is 0 Å². The van der Waals surface area contributed by atoms with E-state index in [0.29, 0.717) is 16.0 Å². The second kappa shape index (κ2) is 8.43. The summed E-state index contributed by atoms with van der Waals surface area (Å²) in [5.74, 6) is -0.569. The minimum Gasteiger partial charge on any atom is -0.461 e. The molecule has 0 aliphatic rings. The number of carbonyl (C=O) groups excluding carboxylic acids is 1. The van der Waals surface area contributed by atoms with Crippen LogP contribution >= 0.6 is 11.6 Å². The Labute approximate surface area is 177 Å². The molecule has 30 heavy (non-hydrogen) atoms. The van der Waals surface area contributed by atoms with Gasteiger partial charge < -0.3 is 13.6 Å². The monoisotopic (exact) mass is 420 g/mol. The largest absolute Gasteiger partial charge is 0.461 e. The average Bonchev–Trinajstić information content (AvgIpc) is 3.29. The average molecular weight is 421 g/mol. The van der Waals surface area contributed by atoms with Gasteiger partial charge in [0.05, 0.1) is 11.6 Å². The number of rotatable bonds is 5. The van der Waals surface area contributed by atoms with E-state index in [2.05, 4.69) is 0 Å². The molecule has 5 nitrogen and oxygen atoms in total. The summed E-state index contributed by atoms with van der Waals surface area (Å²) < 4.78 is 16.7. The summed E-state index contributed by atoms with van der Waals surface area (Å²) >= 11 is 5.86. The van der Waals surface area contributed by atoms with Crippen molar-refractivity contribution in [3.63, 3.8) is 0 Å². The number of halogens is 1. The molecule has 0 atom stereocenters. The number of fused-ring (bicyclic) bond motifs is 1. The number of esters is 1. The number of ether oxygens (including phenoxy) is 1. The molecule has 0 bridgehead atoms. The van der Waals surface area contributed by atoms with Crippen LogP contribution in [-0.4, -0.2) is 5.97 Å². The first-order valence-corrected chi connectivity index (χ1v) is 9.72. The SMILES string of the molecule is CCc1ccc2oc(-c3ccco3)c(OC(=O)/C=C/c3ccc(Cl)cc3)c(=O)c2c1. The molecule has 2 aromatic heterocycles. The molecule has 0 aliphatic heterocycles. The molecule has 4 aromatic rings. The van der Waals surface area contributed by atoms with Gasteiger partial charge in [0.25, 0.3) is 0 Å². The molecule has 0 amide bonds. The van der Waals surface area contributed by atoms with Crippen LogP contribution in [0.3, 0.4) is 0 Å². The molecular formula is C24H17ClO5. The fourth-order valence-electron chi connectivity index (χ4n) is 2.98. The summed E-state index contributed by atoms with van der Waals surface area (Å²) in [6.45, 7) is 1.99. The van der Waals surface area contributed by atoms with Gasteiger partial charge in [0, 0.05) is 11.1 Å². The second-order valence-corrected chi connectivity index (χ2v) is 6.99. The predicted molar refractivity (Wildman–Crippen MR) is 116 cm³/mol. The predicted octanol–water partition coefficient (Wildman–Crippen LogP) is 5.89. The second-order valence-electron chi connectivity index (χ2n) is 6.56. The molecule has 2 aromatic carbocycles. The summed E-state index contributed by atoms with van der Waals surface area (Å²) in [5, 5.41) is 0.937. The van der Waals surface area contributed by atoms with E-state index in [0.717, 1.165) is 17.5 Å². The quantitative estimate of drug-likeness (QED) is 0.297. The first-order chi connectivity index (χ1) is 14.5. The van der Waals surface area contributed by atoms with Crippen LogP contribution in [0.2, 0.25) is 5.02 Å². The highest BCUT2D eigenvalue weighted by molar-refractivity contribution is 6.30. The zero-order valence-corrected chi connectivity index (χ0v) is 16.8. The van der Waals surface area contributed by atoms with Gasteiger partial charge in [0.1, 0.15) is 5.58 Å². The summed E-state index contributed by atoms with van der Waals surface area (Å²) in [6.07, 6.45) is 5.02. The number of benzene rings is 2. The normalized spacial score (nSPS) is 11.3. The van der Waals surface area contributed by atoms with E-state index in [4.69, 9.17) is 25.2 Å². The van der Waals surface area contributed by atoms with Gasteiger partial charge in [-0.1, -0.05) is 36.7 Å². The fraction of sp³-hybridized carbons (Fsp3) is 0.0833. The minimum atomic E-state index is -0.712. The Hall–Kier alpha value is -3.57. The van der Waals surface area contributed by atoms with Gasteiger partial charge in [-0.2, -0.15) is 0 Å². The zero-order chi connectivity index (χ0) is 21.1. The maximum atomic E-state index is 13.1. The lowest BCUT2D eigenvalue weighted by molar-refractivity contribution is -0.129. The van der Waals surface area contributed by atoms with E-state index in [1.54, 1.807) is 54.6 Å². The third kappa shape index (κ3) is 4.07. The van der Waals surface area contributed by atoms with Crippen LogP contribution in [0.5, 0.6) is 5.75 Å². The highest BCUT2D eigenvalue weighted by Crippen LogP contribution is 2.31. The Morgan fingerprint density at radius 3 is 2.63 bits per heavy atom. The van der Waals surface area contributed by atoms with E-state index >= 15 is 0 Å². The molecule has 0 spiro atoms. The van der Waals surface area contributed by atoms with Crippen molar-refractivity contribution in [2.45, 2.75) is 13.3 Å². The number of furan rings is 1. The molecule has 6 heteroatoms. The molecule has 150 valence electrons. The number of hydrogen-bond donors (Lipinski definition) is 0. The molecule has 0 aliphatic carbocycles. The van der Waals surface area contributed by atoms with Crippen molar-refractivity contribution in [1.29, 1.82) is 0 Å². The Morgan fingerprint density at radius 1 is 1.13 bits per heavy atom. The Balaban J connectivity index is 1.75. The van der Waals surface area contributed by atoms with Crippen LogP contribution in [-0.2, 0) is 11.2 Å². The lowest BCUT2D eigenvalue weighted by Gasteiger charge is -2.08. The van der Waals surface area contributed by atoms with Crippen molar-refractivity contribution in [2.75, 3.05) is 0 Å². The molecular weight excluding hydrogens is 404 g/mol. The summed E-state index contributed by atoms with van der Waals surface area (Å²) in [5.41, 5.74) is 1.69. The van der Waals surface area contributed by atoms with Crippen LogP contribution < -0.4 is 10.2 Å². The molecule has 4 rings (SSSR count). The molecule has 0 saturated heterocycles. The van der Waals surface area contributed by atoms with Crippen LogP contribution in [0.25, 0.3) is 28.6 Å². The first kappa shape index (κ1) is 19.7. The molecule has 0 N–H and O–H groups in total. The molecule has 0 unspecified atom stereocenters. The van der Waals surface area contributed by atoms with Gasteiger partial charge >= 0.3 is 5.97 Å². The molecule has 0 radical (unpaired) electrons. The maximum absolute atomic E-state index is 13.1. The smallest absolute Gasteiger partial charge is 0.336 e. The maximum Gasteiger partial charge on any atom is 0.336 e. The van der Waals surface area contributed by atoms with Crippen molar-refractivity contribution in [3.8, 4) is 17.3 Å². The lowest BCUT2D eigenvalue weighted by Crippen LogP contribution is -2.14. The highest BCUT2D eigenvalue weighted by atomic mass is 35.5. The first-order valence-electron chi connectivity index (χ1n) is 9.34. The van der Waals surface area contributed by atoms with E-state index in [9.17, 15) is 9.59 Å². The van der Waals surface area contributed by atoms with Gasteiger partial charge in [-0.3, -0.25) is 4.79 Å². The standard InChI is InChI=1S/C24H17ClO5/c1-2-15-7-11-19-18(14-15)22(27)24(23(29-19)20-4-3-13-28-20)30-21(26)12-8-16-5-9-17(25)10-6-16/h3-14H,2H2,1H3/b12-8+. The molecule has 0 saturated carbocycles. The van der Waals surface area contributed by atoms with E-state index in [1.807, 2.05) is 13.0 Å². The Bertz CT molecular complexity index is 1280. The third-order valence-electron chi connectivity index (χ3n) is 4.55. The van der Waals surface area contributed by atoms with Crippen molar-refractivity contribution >= 4 is 34.6 Å². The number of hydrogen-bond acceptors (Lipinski definition) is 5. The molecule has 2 heterocycles. The van der Waals surface area contributed by atoms with Gasteiger partial charge in [-0.05, 0) is 60.0 Å². The van der Waals surface area contributed by atoms with Crippen LogP contribution in [0.4, 0.5) is 0 Å². The molecule has 0 fully saturated rings. The van der Waals surface area contributed by atoms with Crippen LogP contribution in [0.15, 0.2) is 80.6 Å². The summed E-state index contributed by atoms with van der Waals surface area (Å²) in [6, 6.07) is 15.6. The summed E-state index contributed by atoms with van der Waals surface area (Å²) in [7, 11) is 0. The topological polar surface area (TPSA) is 69.7 Å². The van der Waals surface area contributed by atoms with E-state index in [1.165, 1.54) is 12.3 Å². The van der Waals surface area contributed by atoms with Crippen LogP contribution in [0.1, 0.15) is 18.1 Å². The van der Waals surface area contributed by atoms with Crippen molar-refractivity contribution in [3.05, 3.63) is 93.3 Å². The minimum absolute atomic E-state index is 0.0648. The van der Waals surface area contributed by atoms with Crippen LogP contribution in [0, 0.1) is 0 Å². The Morgan fingerprint density at radius 2 is 1.93 bits per heavy atom. The lowest BCUT2D eigenvalue weighted by atomic mass is 10.1. The highest BCUT2D eigenvalue weighted by Gasteiger charge is 2.21.